The Hall–Kier alpha value is -2.13. The Balaban J connectivity index is 1.37. The molecule has 2 aliphatic rings. The zero-order chi connectivity index (χ0) is 21.8. The highest BCUT2D eigenvalue weighted by Gasteiger charge is 2.28. The van der Waals surface area contributed by atoms with E-state index in [1.165, 1.54) is 28.1 Å². The number of hydrogen-bond donors (Lipinski definition) is 1. The lowest BCUT2D eigenvalue weighted by atomic mass is 10.0. The van der Waals surface area contributed by atoms with Crippen LogP contribution in [0.4, 0.5) is 0 Å². The molecule has 0 bridgehead atoms. The Morgan fingerprint density at radius 2 is 2.03 bits per heavy atom. The molecule has 7 nitrogen and oxygen atoms in total. The van der Waals surface area contributed by atoms with Crippen LogP contribution in [-0.4, -0.2) is 51.0 Å². The van der Waals surface area contributed by atoms with Crippen molar-refractivity contribution < 1.29 is 22.7 Å². The molecule has 2 aromatic carbocycles. The molecule has 1 saturated heterocycles. The number of carbonyl (C=O) groups excluding carboxylic acids is 1. The predicted molar refractivity (Wildman–Crippen MR) is 117 cm³/mol. The maximum absolute atomic E-state index is 13.1. The topological polar surface area (TPSA) is 84.9 Å². The van der Waals surface area contributed by atoms with Gasteiger partial charge in [0.2, 0.25) is 10.0 Å². The van der Waals surface area contributed by atoms with Gasteiger partial charge in [-0.1, -0.05) is 35.9 Å². The van der Waals surface area contributed by atoms with Crippen LogP contribution < -0.4 is 10.1 Å². The van der Waals surface area contributed by atoms with Crippen LogP contribution in [0.5, 0.6) is 5.75 Å². The molecule has 0 saturated carbocycles. The summed E-state index contributed by atoms with van der Waals surface area (Å²) >= 11 is 6.26. The van der Waals surface area contributed by atoms with Gasteiger partial charge in [0.15, 0.2) is 6.61 Å². The molecule has 1 atom stereocenters. The normalized spacial score (nSPS) is 19.1. The Kier molecular flexibility index (Phi) is 6.81. The minimum absolute atomic E-state index is 0.0544. The van der Waals surface area contributed by atoms with Gasteiger partial charge in [0.1, 0.15) is 5.75 Å². The average Bonchev–Trinajstić information content (AvgIpc) is 3.30. The van der Waals surface area contributed by atoms with E-state index < -0.39 is 10.0 Å². The van der Waals surface area contributed by atoms with Gasteiger partial charge in [-0.25, -0.2) is 8.42 Å². The van der Waals surface area contributed by atoms with Gasteiger partial charge in [0.05, 0.1) is 16.0 Å². The van der Waals surface area contributed by atoms with Crippen molar-refractivity contribution in [3.8, 4) is 5.75 Å². The van der Waals surface area contributed by atoms with Gasteiger partial charge in [-0.05, 0) is 48.6 Å². The molecule has 0 unspecified atom stereocenters. The molecule has 166 valence electrons. The van der Waals surface area contributed by atoms with Crippen molar-refractivity contribution in [1.82, 2.24) is 9.62 Å². The van der Waals surface area contributed by atoms with Gasteiger partial charge < -0.3 is 14.8 Å². The van der Waals surface area contributed by atoms with Gasteiger partial charge in [-0.15, -0.1) is 0 Å². The first-order valence-electron chi connectivity index (χ1n) is 10.3. The second-order valence-corrected chi connectivity index (χ2v) is 10.0. The third-order valence-electron chi connectivity index (χ3n) is 5.55. The van der Waals surface area contributed by atoms with E-state index in [4.69, 9.17) is 21.1 Å². The fourth-order valence-electron chi connectivity index (χ4n) is 3.81. The molecule has 0 radical (unpaired) electrons. The van der Waals surface area contributed by atoms with Crippen LogP contribution in [0.2, 0.25) is 5.02 Å². The van der Waals surface area contributed by atoms with E-state index in [1.54, 1.807) is 0 Å². The van der Waals surface area contributed by atoms with Crippen molar-refractivity contribution in [3.05, 3.63) is 58.6 Å². The van der Waals surface area contributed by atoms with Crippen LogP contribution in [-0.2, 0) is 32.5 Å². The Morgan fingerprint density at radius 1 is 1.23 bits per heavy atom. The lowest BCUT2D eigenvalue weighted by Gasteiger charge is -2.28. The molecule has 1 fully saturated rings. The zero-order valence-corrected chi connectivity index (χ0v) is 18.6. The summed E-state index contributed by atoms with van der Waals surface area (Å²) in [6.45, 7) is 1.72. The predicted octanol–water partition coefficient (Wildman–Crippen LogP) is 2.76. The molecular formula is C22H25ClN2O5S. The molecule has 0 spiro atoms. The molecule has 1 N–H and O–H groups in total. The number of hydrogen-bond acceptors (Lipinski definition) is 5. The van der Waals surface area contributed by atoms with E-state index in [9.17, 15) is 13.2 Å². The summed E-state index contributed by atoms with van der Waals surface area (Å²) in [4.78, 5) is 12.1. The highest BCUT2D eigenvalue weighted by Crippen LogP contribution is 2.30. The average molecular weight is 465 g/mol. The third-order valence-corrected chi connectivity index (χ3v) is 7.68. The molecule has 9 heteroatoms. The van der Waals surface area contributed by atoms with Crippen molar-refractivity contribution in [2.75, 3.05) is 26.3 Å². The SMILES string of the molecule is O=C(COc1ccc(S(=O)(=O)N2CCc3ccccc3C2)cc1Cl)NC[C@H]1CCCO1. The first kappa shape index (κ1) is 22.1. The second-order valence-electron chi connectivity index (χ2n) is 7.68. The van der Waals surface area contributed by atoms with E-state index >= 15 is 0 Å². The molecule has 2 heterocycles. The molecule has 2 aliphatic heterocycles. The lowest BCUT2D eigenvalue weighted by Crippen LogP contribution is -2.36. The number of nitrogens with zero attached hydrogens (tertiary/aromatic N) is 1. The molecule has 1 amide bonds. The number of rotatable bonds is 7. The Bertz CT molecular complexity index is 1050. The number of carbonyl (C=O) groups is 1. The van der Waals surface area contributed by atoms with Gasteiger partial charge in [-0.3, -0.25) is 4.79 Å². The van der Waals surface area contributed by atoms with Crippen molar-refractivity contribution in [2.45, 2.75) is 36.8 Å². The first-order valence-corrected chi connectivity index (χ1v) is 12.1. The third kappa shape index (κ3) is 5.20. The summed E-state index contributed by atoms with van der Waals surface area (Å²) in [5.41, 5.74) is 2.19. The van der Waals surface area contributed by atoms with E-state index in [2.05, 4.69) is 5.32 Å². The number of halogens is 1. The van der Waals surface area contributed by atoms with Gasteiger partial charge in [-0.2, -0.15) is 4.31 Å². The minimum Gasteiger partial charge on any atom is -0.482 e. The van der Waals surface area contributed by atoms with Crippen molar-refractivity contribution >= 4 is 27.5 Å². The van der Waals surface area contributed by atoms with Crippen LogP contribution in [0.15, 0.2) is 47.4 Å². The maximum Gasteiger partial charge on any atom is 0.258 e. The Morgan fingerprint density at radius 3 is 2.77 bits per heavy atom. The van der Waals surface area contributed by atoms with Gasteiger partial charge in [0.25, 0.3) is 5.91 Å². The quantitative estimate of drug-likeness (QED) is 0.681. The van der Waals surface area contributed by atoms with Crippen LogP contribution in [0.1, 0.15) is 24.0 Å². The van der Waals surface area contributed by atoms with E-state index in [1.807, 2.05) is 24.3 Å². The van der Waals surface area contributed by atoms with Crippen molar-refractivity contribution in [3.63, 3.8) is 0 Å². The van der Waals surface area contributed by atoms with Gasteiger partial charge >= 0.3 is 0 Å². The zero-order valence-electron chi connectivity index (χ0n) is 17.1. The summed E-state index contributed by atoms with van der Waals surface area (Å²) in [6, 6.07) is 12.2. The molecule has 2 aromatic rings. The summed E-state index contributed by atoms with van der Waals surface area (Å²) < 4.78 is 38.6. The van der Waals surface area contributed by atoms with E-state index in [-0.39, 0.29) is 34.3 Å². The van der Waals surface area contributed by atoms with Crippen LogP contribution in [0, 0.1) is 0 Å². The molecule has 0 aromatic heterocycles. The number of fused-ring (bicyclic) bond motifs is 1. The largest absolute Gasteiger partial charge is 0.482 e. The van der Waals surface area contributed by atoms with E-state index in [0.29, 0.717) is 26.1 Å². The molecular weight excluding hydrogens is 440 g/mol. The fraction of sp³-hybridized carbons (Fsp3) is 0.409. The van der Waals surface area contributed by atoms with Crippen LogP contribution in [0.3, 0.4) is 0 Å². The molecule has 31 heavy (non-hydrogen) atoms. The van der Waals surface area contributed by atoms with Crippen LogP contribution in [0.25, 0.3) is 0 Å². The van der Waals surface area contributed by atoms with Crippen molar-refractivity contribution in [2.24, 2.45) is 0 Å². The molecule has 0 aliphatic carbocycles. The lowest BCUT2D eigenvalue weighted by molar-refractivity contribution is -0.123. The number of ether oxygens (including phenoxy) is 2. The smallest absolute Gasteiger partial charge is 0.258 e. The molecule has 4 rings (SSSR count). The second kappa shape index (κ2) is 9.56. The van der Waals surface area contributed by atoms with Crippen molar-refractivity contribution in [1.29, 1.82) is 0 Å². The number of sulfonamides is 1. The number of benzene rings is 2. The van der Waals surface area contributed by atoms with E-state index in [0.717, 1.165) is 25.0 Å². The van der Waals surface area contributed by atoms with Crippen LogP contribution >= 0.6 is 11.6 Å². The fourth-order valence-corrected chi connectivity index (χ4v) is 5.56. The number of amides is 1. The highest BCUT2D eigenvalue weighted by molar-refractivity contribution is 7.89. The first-order chi connectivity index (χ1) is 14.9. The minimum atomic E-state index is -3.69. The highest BCUT2D eigenvalue weighted by atomic mass is 35.5. The summed E-state index contributed by atoms with van der Waals surface area (Å²) in [5.74, 6) is -0.0212. The van der Waals surface area contributed by atoms with Gasteiger partial charge in [0, 0.05) is 26.2 Å². The standard InChI is InChI=1S/C22H25ClN2O5S/c23-20-12-19(31(27,28)25-10-9-16-4-1-2-5-17(16)14-25)7-8-21(20)30-15-22(26)24-13-18-6-3-11-29-18/h1-2,4-5,7-8,12,18H,3,6,9-11,13-15H2,(H,24,26)/t18-/m1/s1. The Labute approximate surface area is 187 Å². The maximum atomic E-state index is 13.1. The summed E-state index contributed by atoms with van der Waals surface area (Å²) in [6.07, 6.45) is 2.67. The summed E-state index contributed by atoms with van der Waals surface area (Å²) in [7, 11) is -3.69. The number of nitrogens with one attached hydrogen (secondary N) is 1. The monoisotopic (exact) mass is 464 g/mol. The summed E-state index contributed by atoms with van der Waals surface area (Å²) in [5, 5.41) is 2.91.